The molecule has 0 N–H and O–H groups in total. The van der Waals surface area contributed by atoms with Crippen LogP contribution in [0.3, 0.4) is 0 Å². The molecule has 24 heavy (non-hydrogen) atoms. The van der Waals surface area contributed by atoms with Gasteiger partial charge < -0.3 is 13.6 Å². The molecule has 3 heterocycles. The number of aryl methyl sites for hydroxylation is 1. The number of carbonyl (C=O) groups excluding carboxylic acids is 1. The number of ether oxygens (including phenoxy) is 1. The first kappa shape index (κ1) is 15.1. The van der Waals surface area contributed by atoms with E-state index in [2.05, 4.69) is 17.1 Å². The zero-order valence-corrected chi connectivity index (χ0v) is 14.0. The second-order valence-corrected chi connectivity index (χ2v) is 7.10. The molecule has 0 fully saturated rings. The largest absolute Gasteiger partial charge is 0.459 e. The highest BCUT2D eigenvalue weighted by molar-refractivity contribution is 7.14. The standard InChI is InChI=1S/C17H16N2O4S/c1-10-4-5-13-11(7-10)8-14(24-13)17(20)22-9-15-18-19-16(23-15)12-3-2-6-21-12/h2-3,6,8,10H,4-5,7,9H2,1H3/t10-/m1/s1. The highest BCUT2D eigenvalue weighted by Gasteiger charge is 2.22. The highest BCUT2D eigenvalue weighted by atomic mass is 32.1. The van der Waals surface area contributed by atoms with Crippen LogP contribution in [0, 0.1) is 5.92 Å². The van der Waals surface area contributed by atoms with E-state index in [0.29, 0.717) is 16.6 Å². The number of aromatic nitrogens is 2. The minimum Gasteiger partial charge on any atom is -0.459 e. The number of hydrogen-bond donors (Lipinski definition) is 0. The van der Waals surface area contributed by atoms with Crippen molar-refractivity contribution in [1.82, 2.24) is 10.2 Å². The summed E-state index contributed by atoms with van der Waals surface area (Å²) in [5.41, 5.74) is 1.28. The number of furan rings is 1. The maximum absolute atomic E-state index is 12.2. The normalized spacial score (nSPS) is 16.8. The number of thiophene rings is 1. The topological polar surface area (TPSA) is 78.4 Å². The molecule has 0 aliphatic heterocycles. The Labute approximate surface area is 142 Å². The SMILES string of the molecule is C[C@@H]1CCc2sc(C(=O)OCc3nnc(-c4ccco4)o3)cc2C1. The van der Waals surface area contributed by atoms with Gasteiger partial charge in [0, 0.05) is 4.88 Å². The summed E-state index contributed by atoms with van der Waals surface area (Å²) in [6, 6.07) is 5.42. The van der Waals surface area contributed by atoms with Crippen LogP contribution in [0.1, 0.15) is 39.3 Å². The van der Waals surface area contributed by atoms with Crippen molar-refractivity contribution in [3.8, 4) is 11.7 Å². The van der Waals surface area contributed by atoms with Gasteiger partial charge in [0.1, 0.15) is 4.88 Å². The fourth-order valence-electron chi connectivity index (χ4n) is 2.82. The number of fused-ring (bicyclic) bond motifs is 1. The minimum absolute atomic E-state index is 0.0501. The number of rotatable bonds is 4. The van der Waals surface area contributed by atoms with Crippen molar-refractivity contribution in [3.05, 3.63) is 45.7 Å². The van der Waals surface area contributed by atoms with Crippen molar-refractivity contribution < 1.29 is 18.4 Å². The molecule has 7 heteroatoms. The lowest BCUT2D eigenvalue weighted by Gasteiger charge is -2.16. The molecule has 3 aromatic rings. The van der Waals surface area contributed by atoms with E-state index in [9.17, 15) is 4.79 Å². The summed E-state index contributed by atoms with van der Waals surface area (Å²) in [6.07, 6.45) is 4.79. The van der Waals surface area contributed by atoms with Crippen LogP contribution in [-0.2, 0) is 24.2 Å². The summed E-state index contributed by atoms with van der Waals surface area (Å²) in [4.78, 5) is 14.2. The smallest absolute Gasteiger partial charge is 0.348 e. The zero-order valence-electron chi connectivity index (χ0n) is 13.2. The second kappa shape index (κ2) is 6.24. The van der Waals surface area contributed by atoms with Gasteiger partial charge >= 0.3 is 5.97 Å². The molecule has 0 aromatic carbocycles. The molecule has 0 saturated carbocycles. The zero-order chi connectivity index (χ0) is 16.5. The molecule has 1 atom stereocenters. The molecule has 3 aromatic heterocycles. The third-order valence-electron chi connectivity index (χ3n) is 4.06. The molecule has 0 amide bonds. The monoisotopic (exact) mass is 344 g/mol. The first-order chi connectivity index (χ1) is 11.7. The van der Waals surface area contributed by atoms with Crippen LogP contribution in [0.5, 0.6) is 0 Å². The minimum atomic E-state index is -0.347. The molecule has 124 valence electrons. The maximum Gasteiger partial charge on any atom is 0.348 e. The Bertz CT molecular complexity index is 850. The van der Waals surface area contributed by atoms with E-state index in [0.717, 1.165) is 12.8 Å². The average molecular weight is 344 g/mol. The average Bonchev–Trinajstić information content (AvgIpc) is 3.30. The Morgan fingerprint density at radius 3 is 3.21 bits per heavy atom. The van der Waals surface area contributed by atoms with Crippen molar-refractivity contribution >= 4 is 17.3 Å². The first-order valence-corrected chi connectivity index (χ1v) is 8.65. The van der Waals surface area contributed by atoms with Gasteiger partial charge in [0.25, 0.3) is 11.8 Å². The molecule has 0 unspecified atom stereocenters. The second-order valence-electron chi connectivity index (χ2n) is 5.96. The van der Waals surface area contributed by atoms with Crippen LogP contribution in [0.2, 0.25) is 0 Å². The third-order valence-corrected chi connectivity index (χ3v) is 5.27. The van der Waals surface area contributed by atoms with E-state index in [1.165, 1.54) is 34.5 Å². The van der Waals surface area contributed by atoms with Crippen molar-refractivity contribution in [2.75, 3.05) is 0 Å². The number of esters is 1. The van der Waals surface area contributed by atoms with Crippen LogP contribution in [0.15, 0.2) is 33.3 Å². The first-order valence-electron chi connectivity index (χ1n) is 7.84. The molecule has 0 radical (unpaired) electrons. The Balaban J connectivity index is 1.40. The van der Waals surface area contributed by atoms with E-state index < -0.39 is 0 Å². The van der Waals surface area contributed by atoms with Gasteiger partial charge in [-0.05, 0) is 48.9 Å². The van der Waals surface area contributed by atoms with Gasteiger partial charge in [0.2, 0.25) is 0 Å². The van der Waals surface area contributed by atoms with Gasteiger partial charge in [-0.3, -0.25) is 0 Å². The van der Waals surface area contributed by atoms with Crippen LogP contribution in [-0.4, -0.2) is 16.2 Å². The molecule has 0 saturated heterocycles. The predicted octanol–water partition coefficient (Wildman–Crippen LogP) is 3.87. The molecule has 0 spiro atoms. The lowest BCUT2D eigenvalue weighted by atomic mass is 9.90. The van der Waals surface area contributed by atoms with Crippen molar-refractivity contribution in [2.24, 2.45) is 5.92 Å². The molecule has 1 aliphatic rings. The van der Waals surface area contributed by atoms with Crippen LogP contribution in [0.4, 0.5) is 0 Å². The summed E-state index contributed by atoms with van der Waals surface area (Å²) in [5, 5.41) is 7.73. The van der Waals surface area contributed by atoms with Crippen molar-refractivity contribution in [2.45, 2.75) is 32.8 Å². The maximum atomic E-state index is 12.2. The Morgan fingerprint density at radius 1 is 1.46 bits per heavy atom. The fraction of sp³-hybridized carbons (Fsp3) is 0.353. The number of hydrogen-bond acceptors (Lipinski definition) is 7. The summed E-state index contributed by atoms with van der Waals surface area (Å²) >= 11 is 1.53. The lowest BCUT2D eigenvalue weighted by Crippen LogP contribution is -2.08. The number of carbonyl (C=O) groups is 1. The van der Waals surface area contributed by atoms with Gasteiger partial charge in [-0.25, -0.2) is 4.79 Å². The Morgan fingerprint density at radius 2 is 2.38 bits per heavy atom. The van der Waals surface area contributed by atoms with E-state index >= 15 is 0 Å². The highest BCUT2D eigenvalue weighted by Crippen LogP contribution is 2.32. The fourth-order valence-corrected chi connectivity index (χ4v) is 3.92. The quantitative estimate of drug-likeness (QED) is 0.669. The summed E-state index contributed by atoms with van der Waals surface area (Å²) in [7, 11) is 0. The van der Waals surface area contributed by atoms with E-state index in [1.807, 2.05) is 6.07 Å². The van der Waals surface area contributed by atoms with Gasteiger partial charge in [0.15, 0.2) is 12.4 Å². The molecular formula is C17H16N2O4S. The molecule has 1 aliphatic carbocycles. The molecule has 0 bridgehead atoms. The van der Waals surface area contributed by atoms with E-state index in [4.69, 9.17) is 13.6 Å². The van der Waals surface area contributed by atoms with Gasteiger partial charge in [-0.15, -0.1) is 21.5 Å². The lowest BCUT2D eigenvalue weighted by molar-refractivity contribution is 0.0444. The summed E-state index contributed by atoms with van der Waals surface area (Å²) in [5.74, 6) is 1.32. The van der Waals surface area contributed by atoms with E-state index in [1.54, 1.807) is 12.1 Å². The third kappa shape index (κ3) is 2.99. The van der Waals surface area contributed by atoms with Gasteiger partial charge in [-0.1, -0.05) is 6.92 Å². The summed E-state index contributed by atoms with van der Waals surface area (Å²) < 4.78 is 15.9. The Hall–Kier alpha value is -2.41. The molecule has 4 rings (SSSR count). The Kier molecular flexibility index (Phi) is 3.93. The summed E-state index contributed by atoms with van der Waals surface area (Å²) in [6.45, 7) is 2.19. The van der Waals surface area contributed by atoms with Gasteiger partial charge in [-0.2, -0.15) is 0 Å². The predicted molar refractivity (Wildman–Crippen MR) is 86.6 cm³/mol. The van der Waals surface area contributed by atoms with E-state index in [-0.39, 0.29) is 24.4 Å². The number of nitrogens with zero attached hydrogens (tertiary/aromatic N) is 2. The van der Waals surface area contributed by atoms with Crippen molar-refractivity contribution in [3.63, 3.8) is 0 Å². The van der Waals surface area contributed by atoms with Gasteiger partial charge in [0.05, 0.1) is 6.26 Å². The molecular weight excluding hydrogens is 328 g/mol. The van der Waals surface area contributed by atoms with Crippen LogP contribution >= 0.6 is 11.3 Å². The van der Waals surface area contributed by atoms with Crippen molar-refractivity contribution in [1.29, 1.82) is 0 Å². The molecule has 6 nitrogen and oxygen atoms in total. The van der Waals surface area contributed by atoms with Crippen LogP contribution in [0.25, 0.3) is 11.7 Å². The van der Waals surface area contributed by atoms with Crippen LogP contribution < -0.4 is 0 Å².